The van der Waals surface area contributed by atoms with Crippen LogP contribution >= 0.6 is 0 Å². The zero-order chi connectivity index (χ0) is 18.1. The zero-order valence-corrected chi connectivity index (χ0v) is 14.1. The molecule has 1 aliphatic rings. The van der Waals surface area contributed by atoms with Gasteiger partial charge in [-0.05, 0) is 70.7 Å². The lowest BCUT2D eigenvalue weighted by Gasteiger charge is -2.05. The van der Waals surface area contributed by atoms with Crippen LogP contribution in [0.5, 0.6) is 0 Å². The summed E-state index contributed by atoms with van der Waals surface area (Å²) in [6, 6.07) is 10.9. The molecule has 25 heavy (non-hydrogen) atoms. The molecule has 1 atom stereocenters. The predicted molar refractivity (Wildman–Crippen MR) is 94.6 cm³/mol. The van der Waals surface area contributed by atoms with Gasteiger partial charge in [0.05, 0.1) is 11.3 Å². The Morgan fingerprint density at radius 2 is 1.84 bits per heavy atom. The molecule has 0 radical (unpaired) electrons. The number of allylic oxidation sites excluding steroid dienone is 2. The molecule has 0 fully saturated rings. The molecule has 0 spiro atoms. The Labute approximate surface area is 146 Å². The Morgan fingerprint density at radius 1 is 1.16 bits per heavy atom. The third-order valence-corrected chi connectivity index (χ3v) is 4.85. The Hall–Kier alpha value is -2.57. The molecule has 1 unspecified atom stereocenters. The summed E-state index contributed by atoms with van der Waals surface area (Å²) < 4.78 is 33.8. The molecule has 1 aliphatic carbocycles. The largest absolute Gasteiger partial charge is 0.481 e. The minimum atomic E-state index is -2.04. The van der Waals surface area contributed by atoms with Crippen molar-refractivity contribution in [1.82, 2.24) is 0 Å². The number of carbonyl (C=O) groups is 1. The fourth-order valence-electron chi connectivity index (χ4n) is 2.98. The molecule has 0 saturated carbocycles. The molecule has 0 aromatic heterocycles. The third kappa shape index (κ3) is 3.45. The van der Waals surface area contributed by atoms with Gasteiger partial charge in [0.2, 0.25) is 0 Å². The van der Waals surface area contributed by atoms with Gasteiger partial charge in [-0.15, -0.1) is 0 Å². The van der Waals surface area contributed by atoms with Crippen LogP contribution in [0.2, 0.25) is 0 Å². The van der Waals surface area contributed by atoms with Crippen LogP contribution in [-0.4, -0.2) is 19.8 Å². The van der Waals surface area contributed by atoms with Crippen molar-refractivity contribution in [2.45, 2.75) is 18.2 Å². The zero-order valence-electron chi connectivity index (χ0n) is 13.3. The average Bonchev–Trinajstić information content (AvgIpc) is 2.80. The maximum absolute atomic E-state index is 13.6. The number of aliphatic carboxylic acids is 1. The highest BCUT2D eigenvalue weighted by Gasteiger charge is 2.25. The minimum absolute atomic E-state index is 0.179. The van der Waals surface area contributed by atoms with Gasteiger partial charge in [-0.25, -0.2) is 8.60 Å². The van der Waals surface area contributed by atoms with Gasteiger partial charge in [-0.1, -0.05) is 18.2 Å². The van der Waals surface area contributed by atoms with E-state index >= 15 is 0 Å². The molecular formula is C19H15FO4S. The Balaban J connectivity index is 2.10. The van der Waals surface area contributed by atoms with Gasteiger partial charge in [-0.2, -0.15) is 0 Å². The Morgan fingerprint density at radius 3 is 2.44 bits per heavy atom. The first-order chi connectivity index (χ1) is 11.9. The summed E-state index contributed by atoms with van der Waals surface area (Å²) in [6.07, 6.45) is 1.69. The number of hydrogen-bond acceptors (Lipinski definition) is 2. The molecule has 0 heterocycles. The molecule has 0 saturated heterocycles. The predicted octanol–water partition coefficient (Wildman–Crippen LogP) is 4.21. The van der Waals surface area contributed by atoms with E-state index in [9.17, 15) is 13.4 Å². The number of halogens is 1. The number of benzene rings is 2. The summed E-state index contributed by atoms with van der Waals surface area (Å²) >= 11 is -2.04. The average molecular weight is 358 g/mol. The Kier molecular flexibility index (Phi) is 4.65. The lowest BCUT2D eigenvalue weighted by molar-refractivity contribution is -0.135. The van der Waals surface area contributed by atoms with Crippen LogP contribution in [0.3, 0.4) is 0 Å². The van der Waals surface area contributed by atoms with Crippen LogP contribution in [0.25, 0.3) is 17.2 Å². The van der Waals surface area contributed by atoms with Crippen LogP contribution in [0, 0.1) is 5.82 Å². The second kappa shape index (κ2) is 6.74. The van der Waals surface area contributed by atoms with Crippen LogP contribution in [-0.2, 0) is 15.9 Å². The van der Waals surface area contributed by atoms with Crippen molar-refractivity contribution in [2.24, 2.45) is 0 Å². The molecule has 128 valence electrons. The van der Waals surface area contributed by atoms with Crippen LogP contribution in [0.4, 0.5) is 4.39 Å². The number of hydrogen-bond donors (Lipinski definition) is 2. The fourth-order valence-corrected chi connectivity index (χ4v) is 3.35. The van der Waals surface area contributed by atoms with Crippen molar-refractivity contribution in [3.8, 4) is 0 Å². The third-order valence-electron chi connectivity index (χ3n) is 4.17. The quantitative estimate of drug-likeness (QED) is 0.803. The molecular weight excluding hydrogens is 343 g/mol. The van der Waals surface area contributed by atoms with E-state index in [1.807, 2.05) is 13.0 Å². The number of carboxylic acids is 1. The van der Waals surface area contributed by atoms with Gasteiger partial charge in [0, 0.05) is 0 Å². The maximum atomic E-state index is 13.6. The second-order valence-electron chi connectivity index (χ2n) is 5.74. The Bertz CT molecular complexity index is 942. The monoisotopic (exact) mass is 358 g/mol. The summed E-state index contributed by atoms with van der Waals surface area (Å²) in [5.74, 6) is -1.38. The summed E-state index contributed by atoms with van der Waals surface area (Å²) in [5, 5.41) is 9.15. The second-order valence-corrected chi connectivity index (χ2v) is 6.71. The first kappa shape index (κ1) is 17.3. The normalized spacial score (nSPS) is 16.2. The van der Waals surface area contributed by atoms with Crippen molar-refractivity contribution in [3.05, 3.63) is 70.5 Å². The van der Waals surface area contributed by atoms with Crippen LogP contribution in [0.15, 0.2) is 52.9 Å². The highest BCUT2D eigenvalue weighted by Crippen LogP contribution is 2.43. The van der Waals surface area contributed by atoms with Gasteiger partial charge in [-0.3, -0.25) is 4.79 Å². The highest BCUT2D eigenvalue weighted by molar-refractivity contribution is 7.79. The van der Waals surface area contributed by atoms with Crippen molar-refractivity contribution in [1.29, 1.82) is 0 Å². The molecule has 3 rings (SSSR count). The van der Waals surface area contributed by atoms with Gasteiger partial charge >= 0.3 is 5.97 Å². The molecule has 2 aromatic rings. The molecule has 2 N–H and O–H groups in total. The molecule has 2 aromatic carbocycles. The highest BCUT2D eigenvalue weighted by atomic mass is 32.2. The number of fused-ring (bicyclic) bond motifs is 1. The van der Waals surface area contributed by atoms with Crippen molar-refractivity contribution >= 4 is 34.3 Å². The van der Waals surface area contributed by atoms with E-state index in [1.165, 1.54) is 12.1 Å². The van der Waals surface area contributed by atoms with Crippen molar-refractivity contribution < 1.29 is 23.1 Å². The first-order valence-corrected chi connectivity index (χ1v) is 8.62. The topological polar surface area (TPSA) is 74.6 Å². The van der Waals surface area contributed by atoms with E-state index in [1.54, 1.807) is 30.3 Å². The standard InChI is InChI=1S/C19H15FO4S/c1-11-16(8-12-2-5-14(6-3-12)25(23)24)15-7-4-13(20)9-18(15)17(11)10-19(21)22/h2-9H,10H2,1H3,(H,21,22)(H,23,24)/b16-8-. The van der Waals surface area contributed by atoms with E-state index < -0.39 is 22.9 Å². The summed E-state index contributed by atoms with van der Waals surface area (Å²) in [4.78, 5) is 11.5. The lowest BCUT2D eigenvalue weighted by Crippen LogP contribution is -1.97. The van der Waals surface area contributed by atoms with Gasteiger partial charge in [0.25, 0.3) is 0 Å². The maximum Gasteiger partial charge on any atom is 0.307 e. The molecule has 0 bridgehead atoms. The minimum Gasteiger partial charge on any atom is -0.481 e. The molecule has 0 aliphatic heterocycles. The number of carboxylic acid groups (broad SMARTS) is 1. The van der Waals surface area contributed by atoms with Gasteiger partial charge in [0.1, 0.15) is 5.82 Å². The first-order valence-electron chi connectivity index (χ1n) is 7.51. The van der Waals surface area contributed by atoms with E-state index in [2.05, 4.69) is 0 Å². The van der Waals surface area contributed by atoms with Crippen LogP contribution < -0.4 is 0 Å². The van der Waals surface area contributed by atoms with Crippen molar-refractivity contribution in [3.63, 3.8) is 0 Å². The molecule has 4 nitrogen and oxygen atoms in total. The summed E-state index contributed by atoms with van der Waals surface area (Å²) in [7, 11) is 0. The van der Waals surface area contributed by atoms with Gasteiger partial charge in [0.15, 0.2) is 11.1 Å². The molecule has 6 heteroatoms. The van der Waals surface area contributed by atoms with Crippen molar-refractivity contribution in [2.75, 3.05) is 0 Å². The van der Waals surface area contributed by atoms with E-state index in [0.29, 0.717) is 16.0 Å². The number of rotatable bonds is 4. The lowest BCUT2D eigenvalue weighted by atomic mass is 10.0. The van der Waals surface area contributed by atoms with E-state index in [-0.39, 0.29) is 6.42 Å². The summed E-state index contributed by atoms with van der Waals surface area (Å²) in [6.45, 7) is 1.82. The van der Waals surface area contributed by atoms with Gasteiger partial charge < -0.3 is 9.66 Å². The van der Waals surface area contributed by atoms with E-state index in [4.69, 9.17) is 9.66 Å². The fraction of sp³-hybridized carbons (Fsp3) is 0.105. The summed E-state index contributed by atoms with van der Waals surface area (Å²) in [5.41, 5.74) is 4.39. The van der Waals surface area contributed by atoms with Crippen LogP contribution in [0.1, 0.15) is 30.0 Å². The van der Waals surface area contributed by atoms with E-state index in [0.717, 1.165) is 22.3 Å². The smallest absolute Gasteiger partial charge is 0.307 e. The SMILES string of the molecule is CC1=C(CC(=O)O)c2cc(F)ccc2/C1=C\c1ccc(S(=O)O)cc1. The molecule has 0 amide bonds.